The molecule has 1 aliphatic rings. The van der Waals surface area contributed by atoms with Crippen LogP contribution in [0.1, 0.15) is 30.1 Å². The van der Waals surface area contributed by atoms with Gasteiger partial charge in [0, 0.05) is 23.8 Å². The fourth-order valence-corrected chi connectivity index (χ4v) is 2.91. The molecule has 2 amide bonds. The Morgan fingerprint density at radius 2 is 2.17 bits per heavy atom. The maximum Gasteiger partial charge on any atom is 0.318 e. The molecule has 1 atom stereocenters. The van der Waals surface area contributed by atoms with Gasteiger partial charge in [-0.3, -0.25) is 4.98 Å². The van der Waals surface area contributed by atoms with Gasteiger partial charge in [0.15, 0.2) is 0 Å². The van der Waals surface area contributed by atoms with Gasteiger partial charge in [-0.1, -0.05) is 29.8 Å². The highest BCUT2D eigenvalue weighted by Crippen LogP contribution is 2.28. The lowest BCUT2D eigenvalue weighted by Gasteiger charge is -2.26. The summed E-state index contributed by atoms with van der Waals surface area (Å²) in [6.07, 6.45) is 3.67. The smallest absolute Gasteiger partial charge is 0.318 e. The van der Waals surface area contributed by atoms with E-state index in [1.54, 1.807) is 17.2 Å². The molecule has 24 heavy (non-hydrogen) atoms. The van der Waals surface area contributed by atoms with Crippen LogP contribution in [0, 0.1) is 0 Å². The van der Waals surface area contributed by atoms with Crippen LogP contribution >= 0.6 is 11.6 Å². The number of urea groups is 1. The van der Waals surface area contributed by atoms with E-state index < -0.39 is 6.04 Å². The average molecular weight is 346 g/mol. The quantitative estimate of drug-likeness (QED) is 0.845. The molecule has 5 nitrogen and oxygen atoms in total. The van der Waals surface area contributed by atoms with Crippen molar-refractivity contribution >= 4 is 17.6 Å². The Hall–Kier alpha value is -2.11. The van der Waals surface area contributed by atoms with E-state index >= 15 is 0 Å². The van der Waals surface area contributed by atoms with Crippen molar-refractivity contribution in [2.75, 3.05) is 13.2 Å². The number of hydrogen-bond acceptors (Lipinski definition) is 3. The Balaban J connectivity index is 1.86. The van der Waals surface area contributed by atoms with Crippen molar-refractivity contribution < 1.29 is 9.90 Å². The van der Waals surface area contributed by atoms with Crippen LogP contribution in [0.5, 0.6) is 0 Å². The van der Waals surface area contributed by atoms with Crippen molar-refractivity contribution in [2.45, 2.75) is 24.9 Å². The summed E-state index contributed by atoms with van der Waals surface area (Å²) in [5.74, 6) is 0. The number of carbonyl (C=O) groups excluding carboxylic acids is 1. The molecular weight excluding hydrogens is 326 g/mol. The minimum Gasteiger partial charge on any atom is -0.395 e. The molecule has 2 N–H and O–H groups in total. The van der Waals surface area contributed by atoms with E-state index in [-0.39, 0.29) is 18.7 Å². The van der Waals surface area contributed by atoms with Gasteiger partial charge in [-0.05, 0) is 42.7 Å². The van der Waals surface area contributed by atoms with E-state index in [1.165, 1.54) is 0 Å². The minimum atomic E-state index is -0.391. The molecule has 3 rings (SSSR count). The molecule has 6 heteroatoms. The third kappa shape index (κ3) is 4.04. The summed E-state index contributed by atoms with van der Waals surface area (Å²) < 4.78 is 0. The molecule has 1 aromatic carbocycles. The SMILES string of the molecule is O=C(N[C@H](c1cccc(Cl)c1)c1ccccn1)N(CCO)C1CC1. The molecule has 2 aromatic rings. The number of aliphatic hydroxyl groups excluding tert-OH is 1. The van der Waals surface area contributed by atoms with Crippen LogP contribution in [0.3, 0.4) is 0 Å². The van der Waals surface area contributed by atoms with Gasteiger partial charge in [0.05, 0.1) is 18.3 Å². The molecule has 1 saturated carbocycles. The highest BCUT2D eigenvalue weighted by molar-refractivity contribution is 6.30. The zero-order chi connectivity index (χ0) is 16.9. The highest BCUT2D eigenvalue weighted by atomic mass is 35.5. The van der Waals surface area contributed by atoms with E-state index in [9.17, 15) is 9.90 Å². The number of rotatable bonds is 6. The fourth-order valence-electron chi connectivity index (χ4n) is 2.71. The van der Waals surface area contributed by atoms with Crippen molar-refractivity contribution in [3.8, 4) is 0 Å². The summed E-state index contributed by atoms with van der Waals surface area (Å²) in [5.41, 5.74) is 1.61. The minimum absolute atomic E-state index is 0.0463. The van der Waals surface area contributed by atoms with Crippen molar-refractivity contribution in [1.82, 2.24) is 15.2 Å². The Morgan fingerprint density at radius 3 is 2.79 bits per heavy atom. The maximum absolute atomic E-state index is 12.7. The molecule has 0 unspecified atom stereocenters. The number of nitrogens with one attached hydrogen (secondary N) is 1. The van der Waals surface area contributed by atoms with E-state index in [0.29, 0.717) is 11.6 Å². The molecule has 0 bridgehead atoms. The molecule has 0 spiro atoms. The predicted molar refractivity (Wildman–Crippen MR) is 92.9 cm³/mol. The first kappa shape index (κ1) is 16.7. The number of nitrogens with zero attached hydrogens (tertiary/aromatic N) is 2. The van der Waals surface area contributed by atoms with Gasteiger partial charge in [0.25, 0.3) is 0 Å². The lowest BCUT2D eigenvalue weighted by Crippen LogP contribution is -2.44. The first-order valence-corrected chi connectivity index (χ1v) is 8.41. The van der Waals surface area contributed by atoms with Gasteiger partial charge in [-0.25, -0.2) is 4.79 Å². The van der Waals surface area contributed by atoms with Crippen LogP contribution in [0.4, 0.5) is 4.79 Å². The summed E-state index contributed by atoms with van der Waals surface area (Å²) in [4.78, 5) is 18.8. The largest absolute Gasteiger partial charge is 0.395 e. The van der Waals surface area contributed by atoms with Crippen molar-refractivity contribution in [3.63, 3.8) is 0 Å². The van der Waals surface area contributed by atoms with Gasteiger partial charge in [0.1, 0.15) is 0 Å². The monoisotopic (exact) mass is 345 g/mol. The number of aromatic nitrogens is 1. The molecule has 0 aliphatic heterocycles. The van der Waals surface area contributed by atoms with Crippen LogP contribution < -0.4 is 5.32 Å². The summed E-state index contributed by atoms with van der Waals surface area (Å²) in [6, 6.07) is 12.6. The molecule has 126 valence electrons. The highest BCUT2D eigenvalue weighted by Gasteiger charge is 2.33. The standard InChI is InChI=1S/C18H20ClN3O2/c19-14-5-3-4-13(12-14)17(16-6-1-2-9-20-16)21-18(24)22(10-11-23)15-7-8-15/h1-6,9,12,15,17,23H,7-8,10-11H2,(H,21,24)/t17-/m1/s1. The normalized spacial score (nSPS) is 14.9. The van der Waals surface area contributed by atoms with Crippen molar-refractivity contribution in [1.29, 1.82) is 0 Å². The zero-order valence-electron chi connectivity index (χ0n) is 13.2. The van der Waals surface area contributed by atoms with Crippen LogP contribution in [0.25, 0.3) is 0 Å². The molecule has 0 radical (unpaired) electrons. The van der Waals surface area contributed by atoms with Crippen LogP contribution in [-0.2, 0) is 0 Å². The van der Waals surface area contributed by atoms with E-state index in [4.69, 9.17) is 11.6 Å². The Bertz CT molecular complexity index is 692. The lowest BCUT2D eigenvalue weighted by atomic mass is 10.0. The second-order valence-electron chi connectivity index (χ2n) is 5.84. The number of hydrogen-bond donors (Lipinski definition) is 2. The summed E-state index contributed by atoms with van der Waals surface area (Å²) in [5, 5.41) is 12.9. The number of benzene rings is 1. The number of carbonyl (C=O) groups is 1. The second-order valence-corrected chi connectivity index (χ2v) is 6.28. The van der Waals surface area contributed by atoms with Gasteiger partial charge in [-0.2, -0.15) is 0 Å². The third-order valence-corrected chi connectivity index (χ3v) is 4.26. The second kappa shape index (κ2) is 7.64. The summed E-state index contributed by atoms with van der Waals surface area (Å²) in [6.45, 7) is 0.288. The molecule has 0 saturated heterocycles. The Morgan fingerprint density at radius 1 is 1.33 bits per heavy atom. The van der Waals surface area contributed by atoms with E-state index in [0.717, 1.165) is 24.1 Å². The Labute approximate surface area is 146 Å². The predicted octanol–water partition coefficient (Wildman–Crippen LogP) is 2.99. The molecule has 1 aromatic heterocycles. The van der Waals surface area contributed by atoms with Gasteiger partial charge >= 0.3 is 6.03 Å². The zero-order valence-corrected chi connectivity index (χ0v) is 14.0. The summed E-state index contributed by atoms with van der Waals surface area (Å²) >= 11 is 6.11. The topological polar surface area (TPSA) is 65.5 Å². The van der Waals surface area contributed by atoms with Crippen LogP contribution in [0.2, 0.25) is 5.02 Å². The third-order valence-electron chi connectivity index (χ3n) is 4.02. The van der Waals surface area contributed by atoms with Gasteiger partial charge in [0.2, 0.25) is 0 Å². The molecule has 1 fully saturated rings. The number of amides is 2. The van der Waals surface area contributed by atoms with E-state index in [1.807, 2.05) is 36.4 Å². The number of halogens is 1. The first-order chi connectivity index (χ1) is 11.7. The molecule has 1 aliphatic carbocycles. The average Bonchev–Trinajstić information content (AvgIpc) is 3.43. The summed E-state index contributed by atoms with van der Waals surface area (Å²) in [7, 11) is 0. The Kier molecular flexibility index (Phi) is 5.33. The lowest BCUT2D eigenvalue weighted by molar-refractivity contribution is 0.171. The van der Waals surface area contributed by atoms with Crippen molar-refractivity contribution in [2.24, 2.45) is 0 Å². The van der Waals surface area contributed by atoms with E-state index in [2.05, 4.69) is 10.3 Å². The number of aliphatic hydroxyl groups is 1. The van der Waals surface area contributed by atoms with Crippen molar-refractivity contribution in [3.05, 3.63) is 64.9 Å². The fraction of sp³-hybridized carbons (Fsp3) is 0.333. The first-order valence-electron chi connectivity index (χ1n) is 8.03. The van der Waals surface area contributed by atoms with Gasteiger partial charge < -0.3 is 15.3 Å². The molecule has 1 heterocycles. The van der Waals surface area contributed by atoms with Crippen LogP contribution in [-0.4, -0.2) is 40.2 Å². The van der Waals surface area contributed by atoms with Gasteiger partial charge in [-0.15, -0.1) is 0 Å². The maximum atomic E-state index is 12.7. The van der Waals surface area contributed by atoms with Crippen LogP contribution in [0.15, 0.2) is 48.7 Å². The molecular formula is C18H20ClN3O2. The number of pyridine rings is 1.